The molecule has 0 bridgehead atoms. The number of hydrogen-bond acceptors (Lipinski definition) is 8. The van der Waals surface area contributed by atoms with Gasteiger partial charge in [0.15, 0.2) is 0 Å². The van der Waals surface area contributed by atoms with Crippen molar-refractivity contribution in [3.63, 3.8) is 0 Å². The van der Waals surface area contributed by atoms with Crippen molar-refractivity contribution in [2.75, 3.05) is 23.7 Å². The van der Waals surface area contributed by atoms with Crippen LogP contribution in [0.15, 0.2) is 50.5 Å². The van der Waals surface area contributed by atoms with Crippen molar-refractivity contribution in [3.05, 3.63) is 69.1 Å². The van der Waals surface area contributed by atoms with Crippen molar-refractivity contribution in [2.24, 2.45) is 11.1 Å². The predicted molar refractivity (Wildman–Crippen MR) is 174 cm³/mol. The van der Waals surface area contributed by atoms with E-state index < -0.39 is 57.7 Å². The summed E-state index contributed by atoms with van der Waals surface area (Å²) in [5.41, 5.74) is 2.62. The number of rotatable bonds is 3. The molecule has 1 spiro atoms. The van der Waals surface area contributed by atoms with Crippen LogP contribution in [0.5, 0.6) is 0 Å². The zero-order valence-corrected chi connectivity index (χ0v) is 27.6. The number of nitrogens with zero attached hydrogens (tertiary/aromatic N) is 4. The topological polar surface area (TPSA) is 102 Å². The van der Waals surface area contributed by atoms with Crippen LogP contribution in [0, 0.1) is 17.0 Å². The number of piperazine rings is 1. The molecule has 4 aliphatic rings. The third-order valence-electron chi connectivity index (χ3n) is 9.57. The zero-order valence-electron chi connectivity index (χ0n) is 25.9. The van der Waals surface area contributed by atoms with E-state index in [1.165, 1.54) is 16.7 Å². The number of amides is 1. The Morgan fingerprint density at radius 3 is 2.40 bits per heavy atom. The van der Waals surface area contributed by atoms with Gasteiger partial charge < -0.3 is 15.5 Å². The van der Waals surface area contributed by atoms with Crippen LogP contribution in [0.3, 0.4) is 0 Å². The minimum Gasteiger partial charge on any atom is -0.394 e. The Bertz CT molecular complexity index is 2020. The van der Waals surface area contributed by atoms with Crippen molar-refractivity contribution in [3.8, 4) is 11.1 Å². The lowest BCUT2D eigenvalue weighted by Gasteiger charge is -2.44. The highest BCUT2D eigenvalue weighted by molar-refractivity contribution is 8.03. The van der Waals surface area contributed by atoms with Gasteiger partial charge in [-0.1, -0.05) is 18.3 Å². The number of halogens is 5. The van der Waals surface area contributed by atoms with E-state index in [0.717, 1.165) is 29.6 Å². The van der Waals surface area contributed by atoms with E-state index in [4.69, 9.17) is 5.73 Å². The molecule has 3 aromatic rings. The van der Waals surface area contributed by atoms with Gasteiger partial charge in [0.1, 0.15) is 23.2 Å². The Morgan fingerprint density at radius 2 is 1.77 bits per heavy atom. The predicted octanol–water partition coefficient (Wildman–Crippen LogP) is 5.88. The number of carbonyl (C=O) groups is 2. The molecule has 2 atom stereocenters. The molecule has 1 aliphatic carbocycles. The first kappa shape index (κ1) is 32.7. The van der Waals surface area contributed by atoms with Crippen molar-refractivity contribution in [2.45, 2.75) is 67.7 Å². The summed E-state index contributed by atoms with van der Waals surface area (Å²) in [5.74, 6) is -2.22. The van der Waals surface area contributed by atoms with Crippen LogP contribution in [0.1, 0.15) is 37.8 Å². The highest BCUT2D eigenvalue weighted by atomic mass is 32.2. The van der Waals surface area contributed by atoms with Gasteiger partial charge in [0.2, 0.25) is 5.91 Å². The van der Waals surface area contributed by atoms with Gasteiger partial charge in [-0.3, -0.25) is 14.2 Å². The normalized spacial score (nSPS) is 21.9. The maximum atomic E-state index is 16.0. The molecule has 2 fully saturated rings. The highest BCUT2D eigenvalue weighted by Gasteiger charge is 2.48. The second kappa shape index (κ2) is 11.4. The molecule has 2 N–H and O–H groups in total. The molecular weight excluding hydrogens is 674 g/mol. The number of alkyl halides is 3. The Hall–Kier alpha value is -3.85. The van der Waals surface area contributed by atoms with Gasteiger partial charge in [-0.05, 0) is 44.1 Å². The quantitative estimate of drug-likeness (QED) is 0.267. The monoisotopic (exact) mass is 703 g/mol. The highest BCUT2D eigenvalue weighted by Crippen LogP contribution is 2.55. The summed E-state index contributed by atoms with van der Waals surface area (Å²) in [5, 5.41) is 0.272. The van der Waals surface area contributed by atoms with Crippen LogP contribution in [-0.2, 0) is 28.7 Å². The first-order valence-corrected chi connectivity index (χ1v) is 17.1. The summed E-state index contributed by atoms with van der Waals surface area (Å²) in [4.78, 5) is 46.4. The Balaban J connectivity index is 1.54. The molecule has 0 unspecified atom stereocenters. The van der Waals surface area contributed by atoms with Crippen molar-refractivity contribution >= 4 is 51.9 Å². The summed E-state index contributed by atoms with van der Waals surface area (Å²) in [6.07, 6.45) is -2.13. The van der Waals surface area contributed by atoms with Crippen LogP contribution < -0.4 is 16.3 Å². The lowest BCUT2D eigenvalue weighted by atomic mass is 9.69. The van der Waals surface area contributed by atoms with Gasteiger partial charge in [-0.25, -0.2) is 13.6 Å². The maximum absolute atomic E-state index is 16.0. The van der Waals surface area contributed by atoms with Gasteiger partial charge in [0.05, 0.1) is 21.0 Å². The van der Waals surface area contributed by atoms with Crippen LogP contribution in [0.2, 0.25) is 0 Å². The second-order valence-corrected chi connectivity index (χ2v) is 15.1. The number of hydrogen-bond donors (Lipinski definition) is 1. The minimum absolute atomic E-state index is 0.0126. The van der Waals surface area contributed by atoms with Gasteiger partial charge in [0, 0.05) is 83.2 Å². The molecule has 1 aromatic heterocycles. The molecule has 1 amide bonds. The first-order valence-electron chi connectivity index (χ1n) is 15.3. The fourth-order valence-corrected chi connectivity index (χ4v) is 9.95. The number of benzene rings is 2. The molecule has 1 saturated heterocycles. The fraction of sp³-hybridized carbons (Fsp3) is 0.394. The third-order valence-corrected chi connectivity index (χ3v) is 12.1. The van der Waals surface area contributed by atoms with Gasteiger partial charge >= 0.3 is 11.9 Å². The summed E-state index contributed by atoms with van der Waals surface area (Å²) < 4.78 is 78.3. The van der Waals surface area contributed by atoms with Gasteiger partial charge in [-0.2, -0.15) is 18.2 Å². The number of aromatic nitrogens is 2. The number of thioether (sulfide) groups is 2. The van der Waals surface area contributed by atoms with Crippen molar-refractivity contribution in [1.29, 1.82) is 0 Å². The van der Waals surface area contributed by atoms with Gasteiger partial charge in [0.25, 0.3) is 0 Å². The average Bonchev–Trinajstić information content (AvgIpc) is 3.17. The van der Waals surface area contributed by atoms with E-state index in [9.17, 15) is 14.4 Å². The number of fused-ring (bicyclic) bond motifs is 1. The molecule has 8 nitrogen and oxygen atoms in total. The first-order chi connectivity index (χ1) is 22.6. The number of ketones is 1. The van der Waals surface area contributed by atoms with Crippen LogP contribution in [-0.4, -0.2) is 57.1 Å². The van der Waals surface area contributed by atoms with E-state index in [0.29, 0.717) is 6.07 Å². The molecular formula is C33H30F5N5O3S2. The molecule has 48 heavy (non-hydrogen) atoms. The van der Waals surface area contributed by atoms with Crippen LogP contribution >= 0.6 is 23.5 Å². The number of Topliss-reactive ketones (excluding diaryl/α,β-unsaturated/α-hetero) is 1. The van der Waals surface area contributed by atoms with Crippen molar-refractivity contribution < 1.29 is 31.5 Å². The van der Waals surface area contributed by atoms with Crippen molar-refractivity contribution in [1.82, 2.24) is 14.5 Å². The Kier molecular flexibility index (Phi) is 7.74. The van der Waals surface area contributed by atoms with E-state index >= 15 is 22.0 Å². The largest absolute Gasteiger partial charge is 0.417 e. The average molecular weight is 704 g/mol. The molecule has 1 saturated carbocycles. The van der Waals surface area contributed by atoms with Gasteiger partial charge in [-0.15, -0.1) is 11.8 Å². The third kappa shape index (κ3) is 5.11. The molecule has 7 rings (SSSR count). The van der Waals surface area contributed by atoms with E-state index in [2.05, 4.69) is 11.6 Å². The maximum Gasteiger partial charge on any atom is 0.417 e. The lowest BCUT2D eigenvalue weighted by Crippen LogP contribution is -2.58. The summed E-state index contributed by atoms with van der Waals surface area (Å²) in [7, 11) is 0. The SMILES string of the molecule is C=CC(=O)N1[C@H](C)CN(c2nc(=O)n3c4c(c(-c5c(F)cc(F)c6c5CC=C(N)S6)c(C(F)(F)F)cc24)SCC2(CC(=O)C2)C3)C[C@@H]1C. The number of allylic oxidation sites excluding steroid dienone is 1. The number of nitrogens with two attached hydrogens (primary N) is 1. The second-order valence-electron chi connectivity index (χ2n) is 13.0. The minimum atomic E-state index is -5.00. The fourth-order valence-electron chi connectivity index (χ4n) is 7.62. The molecule has 4 heterocycles. The molecule has 0 radical (unpaired) electrons. The zero-order chi connectivity index (χ0) is 34.4. The molecule has 3 aliphatic heterocycles. The molecule has 15 heteroatoms. The molecule has 2 aromatic carbocycles. The number of carbonyl (C=O) groups excluding carboxylic acids is 2. The standard InChI is InChI=1S/C33H30F5N5O3S2/c1-4-24(45)43-15(2)11-41(12-16(43)3)30-19-7-20(33(36,37)38)26(25-18-5-6-23(39)48-28(18)22(35)8-21(25)34)29-27(19)42(31(46)40-30)13-32(14-47-29)9-17(44)10-32/h4,6-8,15-16H,1,5,9-14,39H2,2-3H3/t15-,16+. The van der Waals surface area contributed by atoms with E-state index in [1.807, 2.05) is 0 Å². The van der Waals surface area contributed by atoms with E-state index in [1.54, 1.807) is 23.6 Å². The molecule has 252 valence electrons. The summed E-state index contributed by atoms with van der Waals surface area (Å²) in [6, 6.07) is 0.684. The lowest BCUT2D eigenvalue weighted by molar-refractivity contribution is -0.137. The van der Waals surface area contributed by atoms with Crippen LogP contribution in [0.4, 0.5) is 27.8 Å². The Labute approximate surface area is 280 Å². The van der Waals surface area contributed by atoms with E-state index in [-0.39, 0.29) is 93.4 Å². The summed E-state index contributed by atoms with van der Waals surface area (Å²) in [6.45, 7) is 7.53. The smallest absolute Gasteiger partial charge is 0.394 e. The summed E-state index contributed by atoms with van der Waals surface area (Å²) >= 11 is 1.86. The Morgan fingerprint density at radius 1 is 1.08 bits per heavy atom. The van der Waals surface area contributed by atoms with Crippen LogP contribution in [0.25, 0.3) is 22.0 Å². The number of anilines is 1.